The van der Waals surface area contributed by atoms with Crippen LogP contribution in [0.1, 0.15) is 27.3 Å². The normalized spacial score (nSPS) is 11.9. The third kappa shape index (κ3) is 4.77. The van der Waals surface area contributed by atoms with Crippen molar-refractivity contribution >= 4 is 40.1 Å². The minimum atomic E-state index is -4.36. The van der Waals surface area contributed by atoms with Gasteiger partial charge in [0.25, 0.3) is 0 Å². The number of aryl methyl sites for hydroxylation is 3. The molecule has 4 rings (SSSR count). The molecule has 10 heteroatoms. The fourth-order valence-corrected chi connectivity index (χ4v) is 5.98. The number of carboxylic acid groups (broad SMARTS) is 1. The van der Waals surface area contributed by atoms with Crippen LogP contribution in [0.4, 0.5) is 13.2 Å². The maximum Gasteiger partial charge on any atom is 0.416 e. The average molecular weight is 492 g/mol. The SMILES string of the molecule is Cc1cc2c(ncn2CC(=O)O)c(C)c1SCc1sc(-c2ccc(C(F)(F)F)cc2)nc1C. The molecule has 0 saturated heterocycles. The standard InChI is InChI=1S/C23H20F3N3O2S2/c1-12-8-17-20(27-11-29(17)9-19(30)31)13(2)21(12)32-10-18-14(3)28-22(33-18)15-4-6-16(7-5-15)23(24,25)26/h4-8,11H,9-10H2,1-3H3,(H,30,31). The summed E-state index contributed by atoms with van der Waals surface area (Å²) in [7, 11) is 0. The lowest BCUT2D eigenvalue weighted by atomic mass is 10.1. The number of rotatable bonds is 6. The van der Waals surface area contributed by atoms with Crippen molar-refractivity contribution in [2.45, 2.75) is 44.1 Å². The molecule has 0 aliphatic rings. The first kappa shape index (κ1) is 23.3. The molecule has 33 heavy (non-hydrogen) atoms. The number of thioether (sulfide) groups is 1. The Labute approximate surface area is 196 Å². The molecular formula is C23H20F3N3O2S2. The van der Waals surface area contributed by atoms with Gasteiger partial charge in [-0.2, -0.15) is 13.2 Å². The number of carbonyl (C=O) groups is 1. The molecule has 0 unspecified atom stereocenters. The summed E-state index contributed by atoms with van der Waals surface area (Å²) < 4.78 is 40.1. The smallest absolute Gasteiger partial charge is 0.416 e. The molecule has 0 fully saturated rings. The van der Waals surface area contributed by atoms with Gasteiger partial charge in [-0.05, 0) is 50.1 Å². The molecule has 0 saturated carbocycles. The zero-order chi connectivity index (χ0) is 23.9. The second kappa shape index (κ2) is 8.83. The summed E-state index contributed by atoms with van der Waals surface area (Å²) in [6.07, 6.45) is -2.82. The third-order valence-electron chi connectivity index (χ3n) is 5.29. The molecule has 0 amide bonds. The summed E-state index contributed by atoms with van der Waals surface area (Å²) in [5.41, 5.74) is 4.41. The van der Waals surface area contributed by atoms with Crippen LogP contribution in [0.3, 0.4) is 0 Å². The van der Waals surface area contributed by atoms with Gasteiger partial charge in [-0.3, -0.25) is 4.79 Å². The van der Waals surface area contributed by atoms with Crippen LogP contribution in [0.15, 0.2) is 41.6 Å². The highest BCUT2D eigenvalue weighted by Crippen LogP contribution is 2.38. The van der Waals surface area contributed by atoms with Crippen molar-refractivity contribution in [2.24, 2.45) is 0 Å². The lowest BCUT2D eigenvalue weighted by molar-refractivity contribution is -0.138. The average Bonchev–Trinajstić information content (AvgIpc) is 3.30. The number of benzene rings is 2. The Balaban J connectivity index is 1.56. The first-order valence-electron chi connectivity index (χ1n) is 9.98. The molecule has 2 aromatic heterocycles. The molecule has 0 spiro atoms. The molecule has 5 nitrogen and oxygen atoms in total. The molecule has 172 valence electrons. The molecule has 2 aromatic carbocycles. The summed E-state index contributed by atoms with van der Waals surface area (Å²) in [5.74, 6) is -0.264. The van der Waals surface area contributed by atoms with Gasteiger partial charge in [-0.1, -0.05) is 12.1 Å². The molecule has 0 radical (unpaired) electrons. The van der Waals surface area contributed by atoms with E-state index in [-0.39, 0.29) is 6.54 Å². The van der Waals surface area contributed by atoms with Crippen molar-refractivity contribution < 1.29 is 23.1 Å². The van der Waals surface area contributed by atoms with Gasteiger partial charge in [0.05, 0.1) is 28.6 Å². The maximum atomic E-state index is 12.8. The van der Waals surface area contributed by atoms with E-state index in [4.69, 9.17) is 5.11 Å². The molecular weight excluding hydrogens is 471 g/mol. The molecule has 2 heterocycles. The highest BCUT2D eigenvalue weighted by molar-refractivity contribution is 7.98. The fraction of sp³-hybridized carbons (Fsp3) is 0.261. The summed E-state index contributed by atoms with van der Waals surface area (Å²) >= 11 is 3.12. The van der Waals surface area contributed by atoms with E-state index < -0.39 is 17.7 Å². The van der Waals surface area contributed by atoms with E-state index in [1.54, 1.807) is 22.7 Å². The van der Waals surface area contributed by atoms with E-state index in [2.05, 4.69) is 9.97 Å². The van der Waals surface area contributed by atoms with Crippen molar-refractivity contribution in [1.82, 2.24) is 14.5 Å². The number of nitrogens with zero attached hydrogens (tertiary/aromatic N) is 3. The van der Waals surface area contributed by atoms with Crippen LogP contribution in [0.2, 0.25) is 0 Å². The van der Waals surface area contributed by atoms with Crippen molar-refractivity contribution in [3.63, 3.8) is 0 Å². The predicted octanol–water partition coefficient (Wildman–Crippen LogP) is 6.48. The fourth-order valence-electron chi connectivity index (χ4n) is 3.62. The van der Waals surface area contributed by atoms with Crippen molar-refractivity contribution in [3.05, 3.63) is 63.9 Å². The van der Waals surface area contributed by atoms with E-state index in [1.165, 1.54) is 23.5 Å². The molecule has 0 aliphatic heterocycles. The summed E-state index contributed by atoms with van der Waals surface area (Å²) in [6.45, 7) is 5.72. The minimum absolute atomic E-state index is 0.144. The van der Waals surface area contributed by atoms with Crippen molar-refractivity contribution in [2.75, 3.05) is 0 Å². The highest BCUT2D eigenvalue weighted by atomic mass is 32.2. The monoisotopic (exact) mass is 491 g/mol. The van der Waals surface area contributed by atoms with Crippen molar-refractivity contribution in [3.8, 4) is 10.6 Å². The van der Waals surface area contributed by atoms with Crippen LogP contribution in [0.25, 0.3) is 21.6 Å². The molecule has 0 bridgehead atoms. The Morgan fingerprint density at radius 1 is 1.18 bits per heavy atom. The Hall–Kier alpha value is -2.85. The first-order valence-corrected chi connectivity index (χ1v) is 11.8. The molecule has 0 atom stereocenters. The zero-order valence-electron chi connectivity index (χ0n) is 18.0. The Morgan fingerprint density at radius 3 is 2.52 bits per heavy atom. The molecule has 1 N–H and O–H groups in total. The number of carboxylic acids is 1. The molecule has 0 aliphatic carbocycles. The Morgan fingerprint density at radius 2 is 1.88 bits per heavy atom. The third-order valence-corrected chi connectivity index (χ3v) is 8.03. The zero-order valence-corrected chi connectivity index (χ0v) is 19.7. The summed E-state index contributed by atoms with van der Waals surface area (Å²) in [5, 5.41) is 9.79. The van der Waals surface area contributed by atoms with Crippen LogP contribution in [-0.2, 0) is 23.3 Å². The van der Waals surface area contributed by atoms with E-state index in [0.29, 0.717) is 16.3 Å². The second-order valence-corrected chi connectivity index (χ2v) is 9.74. The van der Waals surface area contributed by atoms with E-state index in [1.807, 2.05) is 26.8 Å². The number of imidazole rings is 1. The van der Waals surface area contributed by atoms with Gasteiger partial charge in [-0.15, -0.1) is 23.1 Å². The van der Waals surface area contributed by atoms with E-state index in [0.717, 1.165) is 49.8 Å². The van der Waals surface area contributed by atoms with Crippen LogP contribution >= 0.6 is 23.1 Å². The number of thiazole rings is 1. The topological polar surface area (TPSA) is 68.0 Å². The highest BCUT2D eigenvalue weighted by Gasteiger charge is 2.30. The quantitative estimate of drug-likeness (QED) is 0.313. The minimum Gasteiger partial charge on any atom is -0.480 e. The van der Waals surface area contributed by atoms with Gasteiger partial charge < -0.3 is 9.67 Å². The number of aromatic nitrogens is 3. The number of hydrogen-bond acceptors (Lipinski definition) is 5. The van der Waals surface area contributed by atoms with E-state index in [9.17, 15) is 18.0 Å². The predicted molar refractivity (Wildman–Crippen MR) is 124 cm³/mol. The van der Waals surface area contributed by atoms with Crippen LogP contribution in [0.5, 0.6) is 0 Å². The largest absolute Gasteiger partial charge is 0.480 e. The van der Waals surface area contributed by atoms with Gasteiger partial charge in [0.1, 0.15) is 11.6 Å². The Kier molecular flexibility index (Phi) is 6.24. The maximum absolute atomic E-state index is 12.8. The van der Waals surface area contributed by atoms with Gasteiger partial charge in [0.2, 0.25) is 0 Å². The van der Waals surface area contributed by atoms with Crippen LogP contribution in [0, 0.1) is 20.8 Å². The second-order valence-electron chi connectivity index (χ2n) is 7.67. The Bertz CT molecular complexity index is 1340. The number of halogens is 3. The number of hydrogen-bond donors (Lipinski definition) is 1. The number of fused-ring (bicyclic) bond motifs is 1. The van der Waals surface area contributed by atoms with Gasteiger partial charge in [0, 0.05) is 21.1 Å². The lowest BCUT2D eigenvalue weighted by Gasteiger charge is -2.11. The first-order chi connectivity index (χ1) is 15.5. The van der Waals surface area contributed by atoms with Gasteiger partial charge in [-0.25, -0.2) is 9.97 Å². The summed E-state index contributed by atoms with van der Waals surface area (Å²) in [6, 6.07) is 7.01. The van der Waals surface area contributed by atoms with Crippen molar-refractivity contribution in [1.29, 1.82) is 0 Å². The number of aliphatic carboxylic acids is 1. The van der Waals surface area contributed by atoms with E-state index >= 15 is 0 Å². The van der Waals surface area contributed by atoms with Crippen LogP contribution < -0.4 is 0 Å². The van der Waals surface area contributed by atoms with Crippen LogP contribution in [-0.4, -0.2) is 25.6 Å². The van der Waals surface area contributed by atoms with Gasteiger partial charge >= 0.3 is 12.1 Å². The molecule has 4 aromatic rings. The summed E-state index contributed by atoms with van der Waals surface area (Å²) in [4.78, 5) is 22.2. The number of alkyl halides is 3. The van der Waals surface area contributed by atoms with Gasteiger partial charge in [0.15, 0.2) is 0 Å². The lowest BCUT2D eigenvalue weighted by Crippen LogP contribution is -2.07.